The molecule has 2 rings (SSSR count). The number of unbranched alkanes of at least 4 members (excludes halogenated alkanes) is 1. The van der Waals surface area contributed by atoms with Crippen LogP contribution in [-0.4, -0.2) is 11.7 Å². The lowest BCUT2D eigenvalue weighted by atomic mass is 10.1. The molecule has 0 fully saturated rings. The third-order valence-corrected chi connectivity index (χ3v) is 2.79. The summed E-state index contributed by atoms with van der Waals surface area (Å²) in [5.74, 6) is 3.71. The van der Waals surface area contributed by atoms with E-state index in [1.165, 1.54) is 0 Å². The highest BCUT2D eigenvalue weighted by Crippen LogP contribution is 2.24. The first-order valence-corrected chi connectivity index (χ1v) is 6.25. The highest BCUT2D eigenvalue weighted by atomic mass is 16.5. The second-order valence-corrected chi connectivity index (χ2v) is 4.23. The summed E-state index contributed by atoms with van der Waals surface area (Å²) in [4.78, 5) is 0. The van der Waals surface area contributed by atoms with Crippen LogP contribution in [0.3, 0.4) is 0 Å². The Hall–Kier alpha value is -2.40. The molecule has 0 heterocycles. The van der Waals surface area contributed by atoms with Crippen molar-refractivity contribution in [1.29, 1.82) is 0 Å². The van der Waals surface area contributed by atoms with Gasteiger partial charge in [-0.25, -0.2) is 0 Å². The quantitative estimate of drug-likeness (QED) is 0.647. The number of hydrogen-bond donors (Lipinski definition) is 1. The third-order valence-electron chi connectivity index (χ3n) is 2.79. The van der Waals surface area contributed by atoms with Crippen LogP contribution in [-0.2, 0) is 0 Å². The van der Waals surface area contributed by atoms with Gasteiger partial charge in [0.1, 0.15) is 11.5 Å². The van der Waals surface area contributed by atoms with Gasteiger partial charge < -0.3 is 9.84 Å². The van der Waals surface area contributed by atoms with Crippen LogP contribution >= 0.6 is 0 Å². The minimum absolute atomic E-state index is 0.275. The lowest BCUT2D eigenvalue weighted by Gasteiger charge is -2.06. The van der Waals surface area contributed by atoms with Gasteiger partial charge in [0.15, 0.2) is 0 Å². The largest absolute Gasteiger partial charge is 0.508 e. The van der Waals surface area contributed by atoms with E-state index in [2.05, 4.69) is 5.92 Å². The number of phenolic OH excluding ortho intramolecular Hbond substituents is 1. The molecule has 96 valence electrons. The summed E-state index contributed by atoms with van der Waals surface area (Å²) in [7, 11) is 0. The molecule has 2 heteroatoms. The number of phenols is 1. The fraction of sp³-hybridized carbons (Fsp3) is 0.176. The molecule has 0 amide bonds. The summed E-state index contributed by atoms with van der Waals surface area (Å²) in [6, 6.07) is 15.0. The van der Waals surface area contributed by atoms with Crippen molar-refractivity contribution < 1.29 is 9.84 Å². The Morgan fingerprint density at radius 3 is 2.11 bits per heavy atom. The molecule has 0 aliphatic rings. The molecule has 2 nitrogen and oxygen atoms in total. The van der Waals surface area contributed by atoms with Crippen molar-refractivity contribution in [1.82, 2.24) is 0 Å². The number of terminal acetylenes is 1. The maximum atomic E-state index is 9.25. The van der Waals surface area contributed by atoms with Gasteiger partial charge in [-0.1, -0.05) is 24.3 Å². The molecule has 0 spiro atoms. The van der Waals surface area contributed by atoms with Crippen molar-refractivity contribution in [3.63, 3.8) is 0 Å². The van der Waals surface area contributed by atoms with Gasteiger partial charge in [-0.05, 0) is 41.8 Å². The summed E-state index contributed by atoms with van der Waals surface area (Å²) in [6.07, 6.45) is 6.79. The summed E-state index contributed by atoms with van der Waals surface area (Å²) < 4.78 is 5.58. The van der Waals surface area contributed by atoms with Gasteiger partial charge in [0.25, 0.3) is 0 Å². The molecule has 0 radical (unpaired) electrons. The molecule has 0 unspecified atom stereocenters. The Bertz CT molecular complexity index is 547. The molecule has 0 aliphatic carbocycles. The number of ether oxygens (including phenoxy) is 1. The molecule has 2 aromatic rings. The molecular weight excluding hydrogens is 236 g/mol. The lowest BCUT2D eigenvalue weighted by molar-refractivity contribution is 0.313. The first-order chi connectivity index (χ1) is 9.29. The van der Waals surface area contributed by atoms with Crippen molar-refractivity contribution in [2.24, 2.45) is 0 Å². The zero-order valence-electron chi connectivity index (χ0n) is 10.7. The van der Waals surface area contributed by atoms with Crippen LogP contribution in [0.1, 0.15) is 12.8 Å². The minimum Gasteiger partial charge on any atom is -0.508 e. The molecular formula is C17H16O2. The Balaban J connectivity index is 1.98. The second kappa shape index (κ2) is 6.51. The zero-order valence-corrected chi connectivity index (χ0v) is 10.7. The number of benzene rings is 2. The van der Waals surface area contributed by atoms with Crippen LogP contribution in [0.4, 0.5) is 0 Å². The van der Waals surface area contributed by atoms with Crippen LogP contribution < -0.4 is 4.74 Å². The zero-order chi connectivity index (χ0) is 13.5. The maximum Gasteiger partial charge on any atom is 0.119 e. The minimum atomic E-state index is 0.275. The van der Waals surface area contributed by atoms with E-state index in [0.29, 0.717) is 6.61 Å². The van der Waals surface area contributed by atoms with Crippen molar-refractivity contribution in [3.05, 3.63) is 48.5 Å². The summed E-state index contributed by atoms with van der Waals surface area (Å²) in [6.45, 7) is 0.642. The van der Waals surface area contributed by atoms with Crippen molar-refractivity contribution in [2.75, 3.05) is 6.61 Å². The highest BCUT2D eigenvalue weighted by molar-refractivity contribution is 5.64. The molecule has 0 saturated heterocycles. The van der Waals surface area contributed by atoms with E-state index < -0.39 is 0 Å². The SMILES string of the molecule is C#CCCCOc1ccc(-c2ccc(O)cc2)cc1. The summed E-state index contributed by atoms with van der Waals surface area (Å²) >= 11 is 0. The van der Waals surface area contributed by atoms with Crippen molar-refractivity contribution in [2.45, 2.75) is 12.8 Å². The standard InChI is InChI=1S/C17H16O2/c1-2-3-4-13-19-17-11-7-15(8-12-17)14-5-9-16(18)10-6-14/h1,5-12,18H,3-4,13H2. The van der Waals surface area contributed by atoms with Crippen LogP contribution in [0.25, 0.3) is 11.1 Å². The van der Waals surface area contributed by atoms with Crippen LogP contribution in [0.5, 0.6) is 11.5 Å². The first-order valence-electron chi connectivity index (χ1n) is 6.25. The molecule has 0 saturated carbocycles. The molecule has 0 aliphatic heterocycles. The van der Waals surface area contributed by atoms with Gasteiger partial charge in [0.2, 0.25) is 0 Å². The summed E-state index contributed by atoms with van der Waals surface area (Å²) in [5, 5.41) is 9.25. The second-order valence-electron chi connectivity index (χ2n) is 4.23. The Morgan fingerprint density at radius 2 is 1.53 bits per heavy atom. The van der Waals surface area contributed by atoms with Gasteiger partial charge in [-0.3, -0.25) is 0 Å². The molecule has 2 aromatic carbocycles. The first kappa shape index (κ1) is 13.0. The fourth-order valence-electron chi connectivity index (χ4n) is 1.76. The lowest BCUT2D eigenvalue weighted by Crippen LogP contribution is -1.96. The van der Waals surface area contributed by atoms with E-state index in [-0.39, 0.29) is 5.75 Å². The fourth-order valence-corrected chi connectivity index (χ4v) is 1.76. The van der Waals surface area contributed by atoms with Crippen LogP contribution in [0.2, 0.25) is 0 Å². The van der Waals surface area contributed by atoms with Crippen molar-refractivity contribution >= 4 is 0 Å². The Kier molecular flexibility index (Phi) is 4.47. The molecule has 0 atom stereocenters. The van der Waals surface area contributed by atoms with E-state index in [9.17, 15) is 5.11 Å². The smallest absolute Gasteiger partial charge is 0.119 e. The van der Waals surface area contributed by atoms with Gasteiger partial charge in [0, 0.05) is 6.42 Å². The third kappa shape index (κ3) is 3.79. The molecule has 19 heavy (non-hydrogen) atoms. The molecule has 0 bridgehead atoms. The monoisotopic (exact) mass is 252 g/mol. The van der Waals surface area contributed by atoms with Gasteiger partial charge >= 0.3 is 0 Å². The van der Waals surface area contributed by atoms with E-state index in [1.807, 2.05) is 36.4 Å². The maximum absolute atomic E-state index is 9.25. The van der Waals surface area contributed by atoms with E-state index in [4.69, 9.17) is 11.2 Å². The van der Waals surface area contributed by atoms with Gasteiger partial charge in [-0.2, -0.15) is 0 Å². The predicted octanol–water partition coefficient (Wildman–Crippen LogP) is 3.85. The highest BCUT2D eigenvalue weighted by Gasteiger charge is 1.99. The molecule has 0 aromatic heterocycles. The number of rotatable bonds is 5. The van der Waals surface area contributed by atoms with Crippen LogP contribution in [0.15, 0.2) is 48.5 Å². The summed E-state index contributed by atoms with van der Waals surface area (Å²) in [5.41, 5.74) is 2.16. The van der Waals surface area contributed by atoms with E-state index in [0.717, 1.165) is 29.7 Å². The average molecular weight is 252 g/mol. The topological polar surface area (TPSA) is 29.5 Å². The van der Waals surface area contributed by atoms with Crippen molar-refractivity contribution in [3.8, 4) is 35.0 Å². The predicted molar refractivity (Wildman–Crippen MR) is 77.1 cm³/mol. The Labute approximate surface area is 113 Å². The number of aromatic hydroxyl groups is 1. The van der Waals surface area contributed by atoms with E-state index >= 15 is 0 Å². The normalized spacial score (nSPS) is 9.84. The van der Waals surface area contributed by atoms with Gasteiger partial charge in [0.05, 0.1) is 6.61 Å². The Morgan fingerprint density at radius 1 is 0.947 bits per heavy atom. The average Bonchev–Trinajstić information content (AvgIpc) is 2.45. The number of hydrogen-bond acceptors (Lipinski definition) is 2. The van der Waals surface area contributed by atoms with Crippen LogP contribution in [0, 0.1) is 12.3 Å². The van der Waals surface area contributed by atoms with Gasteiger partial charge in [-0.15, -0.1) is 12.3 Å². The molecule has 1 N–H and O–H groups in total. The van der Waals surface area contributed by atoms with E-state index in [1.54, 1.807) is 12.1 Å².